The normalized spacial score (nSPS) is 15.3. The topological polar surface area (TPSA) is 71.2 Å². The highest BCUT2D eigenvalue weighted by Gasteiger charge is 2.22. The van der Waals surface area contributed by atoms with Gasteiger partial charge >= 0.3 is 6.03 Å². The van der Waals surface area contributed by atoms with Gasteiger partial charge in [-0.2, -0.15) is 0 Å². The number of carbonyl (C=O) groups excluding carboxylic acids is 1. The first-order chi connectivity index (χ1) is 7.68. The molecule has 0 spiro atoms. The molecule has 5 heteroatoms. The van der Waals surface area contributed by atoms with Gasteiger partial charge in [-0.25, -0.2) is 4.79 Å². The summed E-state index contributed by atoms with van der Waals surface area (Å²) >= 11 is 0. The van der Waals surface area contributed by atoms with Gasteiger partial charge in [0.2, 0.25) is 0 Å². The number of carbonyl (C=O) groups is 1. The first-order valence-corrected chi connectivity index (χ1v) is 5.42. The standard InChI is InChI=1S/C11H16N4O/c1-15(10-5-6-13-7-9(10)12)11(16)14-8-3-2-4-8/h5-8H,2-4,12H2,1H3,(H,14,16). The molecule has 0 saturated heterocycles. The lowest BCUT2D eigenvalue weighted by atomic mass is 9.93. The van der Waals surface area contributed by atoms with Crippen LogP contribution in [0.4, 0.5) is 16.2 Å². The Bertz CT molecular complexity index is 389. The quantitative estimate of drug-likeness (QED) is 0.790. The summed E-state index contributed by atoms with van der Waals surface area (Å²) in [4.78, 5) is 17.3. The molecule has 1 saturated carbocycles. The van der Waals surface area contributed by atoms with Gasteiger partial charge in [-0.05, 0) is 25.3 Å². The Morgan fingerprint density at radius 3 is 2.94 bits per heavy atom. The zero-order valence-electron chi connectivity index (χ0n) is 9.31. The third kappa shape index (κ3) is 2.08. The molecule has 0 atom stereocenters. The lowest BCUT2D eigenvalue weighted by Gasteiger charge is -2.29. The fraction of sp³-hybridized carbons (Fsp3) is 0.455. The van der Waals surface area contributed by atoms with Crippen molar-refractivity contribution in [3.8, 4) is 0 Å². The zero-order valence-corrected chi connectivity index (χ0v) is 9.31. The van der Waals surface area contributed by atoms with E-state index in [1.54, 1.807) is 25.5 Å². The number of nitrogens with zero attached hydrogens (tertiary/aromatic N) is 2. The summed E-state index contributed by atoms with van der Waals surface area (Å²) in [6.45, 7) is 0. The summed E-state index contributed by atoms with van der Waals surface area (Å²) in [6.07, 6.45) is 6.52. The molecule has 0 radical (unpaired) electrons. The number of nitrogens with two attached hydrogens (primary N) is 1. The smallest absolute Gasteiger partial charge is 0.321 e. The third-order valence-corrected chi connectivity index (χ3v) is 2.93. The molecule has 3 N–H and O–H groups in total. The van der Waals surface area contributed by atoms with Crippen molar-refractivity contribution in [3.05, 3.63) is 18.5 Å². The number of pyridine rings is 1. The number of anilines is 2. The molecule has 86 valence electrons. The summed E-state index contributed by atoms with van der Waals surface area (Å²) in [7, 11) is 1.71. The van der Waals surface area contributed by atoms with Gasteiger partial charge in [0, 0.05) is 19.3 Å². The van der Waals surface area contributed by atoms with Crippen LogP contribution in [0.25, 0.3) is 0 Å². The first kappa shape index (κ1) is 10.7. The van der Waals surface area contributed by atoms with Crippen molar-refractivity contribution in [3.63, 3.8) is 0 Å². The van der Waals surface area contributed by atoms with E-state index in [0.29, 0.717) is 17.4 Å². The molecular weight excluding hydrogens is 204 g/mol. The maximum atomic E-state index is 11.8. The number of nitrogen functional groups attached to an aromatic ring is 1. The summed E-state index contributed by atoms with van der Waals surface area (Å²) in [5, 5.41) is 2.95. The van der Waals surface area contributed by atoms with Crippen LogP contribution in [-0.2, 0) is 0 Å². The average Bonchev–Trinajstić information content (AvgIpc) is 2.23. The molecule has 1 aliphatic carbocycles. The second-order valence-corrected chi connectivity index (χ2v) is 4.07. The minimum Gasteiger partial charge on any atom is -0.396 e. The fourth-order valence-electron chi connectivity index (χ4n) is 1.64. The van der Waals surface area contributed by atoms with E-state index in [-0.39, 0.29) is 6.03 Å². The van der Waals surface area contributed by atoms with Crippen molar-refractivity contribution in [2.24, 2.45) is 0 Å². The minimum absolute atomic E-state index is 0.109. The van der Waals surface area contributed by atoms with Crippen LogP contribution in [-0.4, -0.2) is 24.1 Å². The maximum Gasteiger partial charge on any atom is 0.321 e. The van der Waals surface area contributed by atoms with E-state index in [1.165, 1.54) is 11.3 Å². The Morgan fingerprint density at radius 1 is 1.62 bits per heavy atom. The van der Waals surface area contributed by atoms with Gasteiger partial charge in [0.25, 0.3) is 0 Å². The Labute approximate surface area is 94.6 Å². The van der Waals surface area contributed by atoms with Crippen LogP contribution in [0.1, 0.15) is 19.3 Å². The Balaban J connectivity index is 2.03. The van der Waals surface area contributed by atoms with Crippen molar-refractivity contribution in [2.75, 3.05) is 17.7 Å². The summed E-state index contributed by atoms with van der Waals surface area (Å²) < 4.78 is 0. The summed E-state index contributed by atoms with van der Waals surface area (Å²) in [5.74, 6) is 0. The van der Waals surface area contributed by atoms with Crippen LogP contribution in [0.5, 0.6) is 0 Å². The number of amides is 2. The number of nitrogens with one attached hydrogen (secondary N) is 1. The van der Waals surface area contributed by atoms with E-state index >= 15 is 0 Å². The van der Waals surface area contributed by atoms with Gasteiger partial charge in [-0.15, -0.1) is 0 Å². The van der Waals surface area contributed by atoms with Crippen LogP contribution < -0.4 is 16.0 Å². The molecule has 1 aliphatic rings. The predicted molar refractivity (Wildman–Crippen MR) is 63.2 cm³/mol. The van der Waals surface area contributed by atoms with Gasteiger partial charge in [-0.1, -0.05) is 0 Å². The van der Waals surface area contributed by atoms with Gasteiger partial charge < -0.3 is 11.1 Å². The lowest BCUT2D eigenvalue weighted by Crippen LogP contribution is -2.46. The third-order valence-electron chi connectivity index (χ3n) is 2.93. The summed E-state index contributed by atoms with van der Waals surface area (Å²) in [5.41, 5.74) is 6.95. The molecule has 0 unspecified atom stereocenters. The highest BCUT2D eigenvalue weighted by molar-refractivity contribution is 5.94. The molecule has 0 aromatic carbocycles. The molecule has 1 aromatic heterocycles. The number of hydrogen-bond donors (Lipinski definition) is 2. The van der Waals surface area contributed by atoms with Crippen molar-refractivity contribution in [2.45, 2.75) is 25.3 Å². The van der Waals surface area contributed by atoms with Crippen molar-refractivity contribution in [1.29, 1.82) is 0 Å². The largest absolute Gasteiger partial charge is 0.396 e. The molecule has 2 rings (SSSR count). The SMILES string of the molecule is CN(C(=O)NC1CCC1)c1ccncc1N. The number of aromatic nitrogens is 1. The van der Waals surface area contributed by atoms with Gasteiger partial charge in [0.15, 0.2) is 0 Å². The van der Waals surface area contributed by atoms with Crippen molar-refractivity contribution < 1.29 is 4.79 Å². The first-order valence-electron chi connectivity index (χ1n) is 5.42. The van der Waals surface area contributed by atoms with Crippen molar-refractivity contribution >= 4 is 17.4 Å². The van der Waals surface area contributed by atoms with Gasteiger partial charge in [-0.3, -0.25) is 9.88 Å². The van der Waals surface area contributed by atoms with Crippen LogP contribution in [0.3, 0.4) is 0 Å². The average molecular weight is 220 g/mol. The number of urea groups is 1. The molecule has 1 fully saturated rings. The Kier molecular flexibility index (Phi) is 2.94. The number of hydrogen-bond acceptors (Lipinski definition) is 3. The van der Waals surface area contributed by atoms with Crippen LogP contribution in [0.15, 0.2) is 18.5 Å². The Morgan fingerprint density at radius 2 is 2.38 bits per heavy atom. The van der Waals surface area contributed by atoms with Gasteiger partial charge in [0.1, 0.15) is 0 Å². The second kappa shape index (κ2) is 4.38. The van der Waals surface area contributed by atoms with E-state index in [9.17, 15) is 4.79 Å². The van der Waals surface area contributed by atoms with Crippen LogP contribution >= 0.6 is 0 Å². The van der Waals surface area contributed by atoms with Gasteiger partial charge in [0.05, 0.1) is 17.6 Å². The maximum absolute atomic E-state index is 11.8. The minimum atomic E-state index is -0.109. The molecule has 0 bridgehead atoms. The van der Waals surface area contributed by atoms with Crippen molar-refractivity contribution in [1.82, 2.24) is 10.3 Å². The second-order valence-electron chi connectivity index (χ2n) is 4.07. The molecule has 1 heterocycles. The van der Waals surface area contributed by atoms with E-state index in [1.807, 2.05) is 0 Å². The van der Waals surface area contributed by atoms with Crippen LogP contribution in [0, 0.1) is 0 Å². The van der Waals surface area contributed by atoms with E-state index < -0.39 is 0 Å². The molecule has 1 aromatic rings. The van der Waals surface area contributed by atoms with E-state index in [2.05, 4.69) is 10.3 Å². The highest BCUT2D eigenvalue weighted by atomic mass is 16.2. The van der Waals surface area contributed by atoms with Crippen LogP contribution in [0.2, 0.25) is 0 Å². The lowest BCUT2D eigenvalue weighted by molar-refractivity contribution is 0.235. The monoisotopic (exact) mass is 220 g/mol. The molecule has 2 amide bonds. The highest BCUT2D eigenvalue weighted by Crippen LogP contribution is 2.22. The fourth-order valence-corrected chi connectivity index (χ4v) is 1.64. The molecule has 0 aliphatic heterocycles. The molecule has 16 heavy (non-hydrogen) atoms. The summed E-state index contributed by atoms with van der Waals surface area (Å²) in [6, 6.07) is 1.95. The molecular formula is C11H16N4O. The van der Waals surface area contributed by atoms with E-state index in [4.69, 9.17) is 5.73 Å². The predicted octanol–water partition coefficient (Wildman–Crippen LogP) is 1.36. The zero-order chi connectivity index (χ0) is 11.5. The Hall–Kier alpha value is -1.78. The van der Waals surface area contributed by atoms with E-state index in [0.717, 1.165) is 12.8 Å². The number of rotatable bonds is 2. The molecule has 5 nitrogen and oxygen atoms in total.